The third-order valence-electron chi connectivity index (χ3n) is 2.10. The van der Waals surface area contributed by atoms with Crippen molar-refractivity contribution in [2.75, 3.05) is 19.8 Å². The third-order valence-corrected chi connectivity index (χ3v) is 2.10. The predicted molar refractivity (Wildman–Crippen MR) is 62.5 cm³/mol. The van der Waals surface area contributed by atoms with Crippen LogP contribution in [0.15, 0.2) is 18.2 Å². The van der Waals surface area contributed by atoms with Gasteiger partial charge in [-0.3, -0.25) is 0 Å². The summed E-state index contributed by atoms with van der Waals surface area (Å²) in [4.78, 5) is 0. The molecule has 0 atom stereocenters. The van der Waals surface area contributed by atoms with Crippen LogP contribution < -0.4 is 4.74 Å². The number of hydrogen-bond donors (Lipinski definition) is 0. The lowest BCUT2D eigenvalue weighted by atomic mass is 10.1. The molecule has 0 unspecified atom stereocenters. The summed E-state index contributed by atoms with van der Waals surface area (Å²) < 4.78 is 10.9. The van der Waals surface area contributed by atoms with Gasteiger partial charge in [0.2, 0.25) is 0 Å². The van der Waals surface area contributed by atoms with E-state index in [0.717, 1.165) is 32.0 Å². The molecule has 0 radical (unpaired) electrons. The molecule has 0 aliphatic carbocycles. The van der Waals surface area contributed by atoms with Gasteiger partial charge in [-0.2, -0.15) is 0 Å². The topological polar surface area (TPSA) is 18.5 Å². The van der Waals surface area contributed by atoms with E-state index in [1.54, 1.807) is 0 Å². The molecule has 15 heavy (non-hydrogen) atoms. The zero-order valence-electron chi connectivity index (χ0n) is 9.88. The van der Waals surface area contributed by atoms with E-state index in [4.69, 9.17) is 9.47 Å². The molecule has 1 aromatic rings. The van der Waals surface area contributed by atoms with Crippen molar-refractivity contribution in [1.29, 1.82) is 0 Å². The van der Waals surface area contributed by atoms with Gasteiger partial charge >= 0.3 is 0 Å². The number of hydrogen-bond acceptors (Lipinski definition) is 2. The fourth-order valence-corrected chi connectivity index (χ4v) is 1.51. The van der Waals surface area contributed by atoms with Gasteiger partial charge in [-0.15, -0.1) is 0 Å². The molecule has 84 valence electrons. The predicted octanol–water partition coefficient (Wildman–Crippen LogP) is 3.11. The SMILES string of the molecule is CCOCCCOc1cc(C)cc(C)c1. The molecule has 2 heteroatoms. The molecule has 0 aliphatic rings. The van der Waals surface area contributed by atoms with Crippen molar-refractivity contribution < 1.29 is 9.47 Å². The van der Waals surface area contributed by atoms with Gasteiger partial charge in [-0.05, 0) is 44.0 Å². The molecule has 0 N–H and O–H groups in total. The van der Waals surface area contributed by atoms with E-state index < -0.39 is 0 Å². The van der Waals surface area contributed by atoms with E-state index in [9.17, 15) is 0 Å². The first-order chi connectivity index (χ1) is 7.22. The van der Waals surface area contributed by atoms with Crippen molar-refractivity contribution in [2.45, 2.75) is 27.2 Å². The average Bonchev–Trinajstić information content (AvgIpc) is 2.16. The molecule has 1 aromatic carbocycles. The van der Waals surface area contributed by atoms with Crippen LogP contribution in [-0.4, -0.2) is 19.8 Å². The number of rotatable bonds is 6. The van der Waals surface area contributed by atoms with Crippen LogP contribution in [0.1, 0.15) is 24.5 Å². The van der Waals surface area contributed by atoms with Gasteiger partial charge in [0.25, 0.3) is 0 Å². The molecule has 0 aromatic heterocycles. The molecule has 0 fully saturated rings. The van der Waals surface area contributed by atoms with Crippen molar-refractivity contribution in [1.82, 2.24) is 0 Å². The molecule has 0 aliphatic heterocycles. The Kier molecular flexibility index (Phi) is 5.19. The smallest absolute Gasteiger partial charge is 0.119 e. The van der Waals surface area contributed by atoms with E-state index in [1.165, 1.54) is 11.1 Å². The van der Waals surface area contributed by atoms with E-state index in [-0.39, 0.29) is 0 Å². The Balaban J connectivity index is 2.31. The fraction of sp³-hybridized carbons (Fsp3) is 0.538. The Morgan fingerprint density at radius 2 is 1.67 bits per heavy atom. The molecular formula is C13H20O2. The zero-order valence-corrected chi connectivity index (χ0v) is 9.88. The van der Waals surface area contributed by atoms with Crippen LogP contribution in [0.3, 0.4) is 0 Å². The Labute approximate surface area is 92.2 Å². The maximum Gasteiger partial charge on any atom is 0.119 e. The Hall–Kier alpha value is -1.02. The number of ether oxygens (including phenoxy) is 2. The molecule has 0 amide bonds. The lowest BCUT2D eigenvalue weighted by Crippen LogP contribution is -2.03. The van der Waals surface area contributed by atoms with Crippen molar-refractivity contribution >= 4 is 0 Å². The summed E-state index contributed by atoms with van der Waals surface area (Å²) in [5.41, 5.74) is 2.49. The van der Waals surface area contributed by atoms with Crippen LogP contribution in [-0.2, 0) is 4.74 Å². The first-order valence-corrected chi connectivity index (χ1v) is 5.51. The van der Waals surface area contributed by atoms with Crippen LogP contribution >= 0.6 is 0 Å². The average molecular weight is 208 g/mol. The molecule has 1 rings (SSSR count). The summed E-state index contributed by atoms with van der Waals surface area (Å²) in [6.07, 6.45) is 0.945. The van der Waals surface area contributed by atoms with Crippen LogP contribution in [0.2, 0.25) is 0 Å². The lowest BCUT2D eigenvalue weighted by molar-refractivity contribution is 0.131. The molecule has 0 heterocycles. The molecule has 2 nitrogen and oxygen atoms in total. The third kappa shape index (κ3) is 4.84. The minimum atomic E-state index is 0.725. The van der Waals surface area contributed by atoms with Gasteiger partial charge in [0.1, 0.15) is 5.75 Å². The monoisotopic (exact) mass is 208 g/mol. The highest BCUT2D eigenvalue weighted by molar-refractivity contribution is 5.32. The summed E-state index contributed by atoms with van der Waals surface area (Å²) in [5.74, 6) is 0.962. The zero-order chi connectivity index (χ0) is 11.1. The van der Waals surface area contributed by atoms with Crippen LogP contribution in [0.5, 0.6) is 5.75 Å². The van der Waals surface area contributed by atoms with E-state index in [2.05, 4.69) is 32.0 Å². The van der Waals surface area contributed by atoms with Gasteiger partial charge in [-0.1, -0.05) is 6.07 Å². The minimum Gasteiger partial charge on any atom is -0.493 e. The fourth-order valence-electron chi connectivity index (χ4n) is 1.51. The van der Waals surface area contributed by atoms with Gasteiger partial charge < -0.3 is 9.47 Å². The first-order valence-electron chi connectivity index (χ1n) is 5.51. The molecule has 0 spiro atoms. The summed E-state index contributed by atoms with van der Waals surface area (Å²) >= 11 is 0. The largest absolute Gasteiger partial charge is 0.493 e. The molecular weight excluding hydrogens is 188 g/mol. The highest BCUT2D eigenvalue weighted by Crippen LogP contribution is 2.16. The second-order valence-electron chi connectivity index (χ2n) is 3.72. The van der Waals surface area contributed by atoms with Crippen LogP contribution in [0.25, 0.3) is 0 Å². The maximum absolute atomic E-state index is 5.63. The van der Waals surface area contributed by atoms with Crippen molar-refractivity contribution in [3.05, 3.63) is 29.3 Å². The molecule has 0 saturated carbocycles. The summed E-state index contributed by atoms with van der Waals surface area (Å²) in [6.45, 7) is 8.46. The van der Waals surface area contributed by atoms with Crippen molar-refractivity contribution in [2.24, 2.45) is 0 Å². The van der Waals surface area contributed by atoms with Crippen molar-refractivity contribution in [3.8, 4) is 5.75 Å². The Morgan fingerprint density at radius 3 is 2.27 bits per heavy atom. The Bertz CT molecular complexity index is 274. The second kappa shape index (κ2) is 6.46. The summed E-state index contributed by atoms with van der Waals surface area (Å²) in [6, 6.07) is 6.27. The van der Waals surface area contributed by atoms with E-state index in [1.807, 2.05) is 6.92 Å². The van der Waals surface area contributed by atoms with Gasteiger partial charge in [0, 0.05) is 19.6 Å². The normalized spacial score (nSPS) is 10.3. The van der Waals surface area contributed by atoms with E-state index >= 15 is 0 Å². The van der Waals surface area contributed by atoms with Gasteiger partial charge in [0.15, 0.2) is 0 Å². The summed E-state index contributed by atoms with van der Waals surface area (Å²) in [7, 11) is 0. The van der Waals surface area contributed by atoms with Crippen molar-refractivity contribution in [3.63, 3.8) is 0 Å². The maximum atomic E-state index is 5.63. The minimum absolute atomic E-state index is 0.725. The highest BCUT2D eigenvalue weighted by atomic mass is 16.5. The molecule has 0 bridgehead atoms. The Morgan fingerprint density at radius 1 is 1.00 bits per heavy atom. The van der Waals surface area contributed by atoms with Gasteiger partial charge in [-0.25, -0.2) is 0 Å². The first kappa shape index (κ1) is 12.1. The van der Waals surface area contributed by atoms with Crippen LogP contribution in [0, 0.1) is 13.8 Å². The second-order valence-corrected chi connectivity index (χ2v) is 3.72. The standard InChI is InChI=1S/C13H20O2/c1-4-14-6-5-7-15-13-9-11(2)8-12(3)10-13/h8-10H,4-7H2,1-3H3. The van der Waals surface area contributed by atoms with Gasteiger partial charge in [0.05, 0.1) is 6.61 Å². The quantitative estimate of drug-likeness (QED) is 0.669. The summed E-state index contributed by atoms with van der Waals surface area (Å²) in [5, 5.41) is 0. The van der Waals surface area contributed by atoms with Crippen LogP contribution in [0.4, 0.5) is 0 Å². The molecule has 0 saturated heterocycles. The van der Waals surface area contributed by atoms with E-state index in [0.29, 0.717) is 0 Å². The highest BCUT2D eigenvalue weighted by Gasteiger charge is 1.96. The number of benzene rings is 1. The lowest BCUT2D eigenvalue weighted by Gasteiger charge is -2.08. The number of aryl methyl sites for hydroxylation is 2.